The summed E-state index contributed by atoms with van der Waals surface area (Å²) in [7, 11) is 0. The van der Waals surface area contributed by atoms with Crippen molar-refractivity contribution in [1.29, 1.82) is 0 Å². The first-order valence-electron chi connectivity index (χ1n) is 7.88. The highest BCUT2D eigenvalue weighted by Gasteiger charge is 2.28. The van der Waals surface area contributed by atoms with Crippen molar-refractivity contribution >= 4 is 5.91 Å². The molecule has 0 aromatic heterocycles. The minimum absolute atomic E-state index is 0.101. The fourth-order valence-corrected chi connectivity index (χ4v) is 2.88. The van der Waals surface area contributed by atoms with Crippen LogP contribution in [0.15, 0.2) is 24.3 Å². The first-order valence-corrected chi connectivity index (χ1v) is 7.88. The Labute approximate surface area is 127 Å². The molecule has 1 aromatic rings. The van der Waals surface area contributed by atoms with E-state index >= 15 is 0 Å². The molecule has 1 fully saturated rings. The molecule has 0 saturated carbocycles. The average molecular weight is 290 g/mol. The number of piperidine rings is 1. The van der Waals surface area contributed by atoms with Gasteiger partial charge in [-0.25, -0.2) is 0 Å². The SMILES string of the molecule is CCNC(=O)C1CC(c2ccccc2OC(C)C)CCN1. The molecule has 1 aliphatic rings. The third-order valence-electron chi connectivity index (χ3n) is 3.79. The molecule has 1 aliphatic heterocycles. The number of para-hydroxylation sites is 1. The summed E-state index contributed by atoms with van der Waals surface area (Å²) in [5.41, 5.74) is 1.22. The van der Waals surface area contributed by atoms with E-state index in [1.54, 1.807) is 0 Å². The molecule has 1 aromatic carbocycles. The van der Waals surface area contributed by atoms with Gasteiger partial charge in [0.25, 0.3) is 0 Å². The average Bonchev–Trinajstić information content (AvgIpc) is 2.47. The van der Waals surface area contributed by atoms with Gasteiger partial charge in [0, 0.05) is 6.54 Å². The number of hydrogen-bond acceptors (Lipinski definition) is 3. The van der Waals surface area contributed by atoms with Crippen LogP contribution in [0.3, 0.4) is 0 Å². The second-order valence-electron chi connectivity index (χ2n) is 5.83. The molecule has 0 bridgehead atoms. The molecule has 1 saturated heterocycles. The van der Waals surface area contributed by atoms with Crippen LogP contribution in [0, 0.1) is 0 Å². The number of likely N-dealkylation sites (N-methyl/N-ethyl adjacent to an activating group) is 1. The topological polar surface area (TPSA) is 50.4 Å². The minimum Gasteiger partial charge on any atom is -0.491 e. The summed E-state index contributed by atoms with van der Waals surface area (Å²) in [4.78, 5) is 12.0. The van der Waals surface area contributed by atoms with E-state index in [0.29, 0.717) is 12.5 Å². The molecule has 0 radical (unpaired) electrons. The normalized spacial score (nSPS) is 22.1. The summed E-state index contributed by atoms with van der Waals surface area (Å²) < 4.78 is 5.92. The zero-order valence-electron chi connectivity index (χ0n) is 13.2. The molecule has 0 aliphatic carbocycles. The van der Waals surface area contributed by atoms with E-state index in [1.807, 2.05) is 39.0 Å². The fourth-order valence-electron chi connectivity index (χ4n) is 2.88. The van der Waals surface area contributed by atoms with E-state index in [0.717, 1.165) is 25.1 Å². The highest BCUT2D eigenvalue weighted by atomic mass is 16.5. The molecule has 116 valence electrons. The van der Waals surface area contributed by atoms with Gasteiger partial charge in [0.2, 0.25) is 5.91 Å². The maximum absolute atomic E-state index is 12.0. The molecule has 1 heterocycles. The smallest absolute Gasteiger partial charge is 0.237 e. The van der Waals surface area contributed by atoms with Crippen LogP contribution in [-0.4, -0.2) is 31.1 Å². The van der Waals surface area contributed by atoms with Gasteiger partial charge < -0.3 is 15.4 Å². The minimum atomic E-state index is -0.101. The molecule has 1 amide bonds. The number of rotatable bonds is 5. The lowest BCUT2D eigenvalue weighted by atomic mass is 9.85. The van der Waals surface area contributed by atoms with Crippen LogP contribution in [0.25, 0.3) is 0 Å². The predicted molar refractivity (Wildman–Crippen MR) is 84.7 cm³/mol. The zero-order valence-corrected chi connectivity index (χ0v) is 13.2. The Morgan fingerprint density at radius 2 is 2.19 bits per heavy atom. The maximum Gasteiger partial charge on any atom is 0.237 e. The van der Waals surface area contributed by atoms with E-state index in [2.05, 4.69) is 16.7 Å². The van der Waals surface area contributed by atoms with Crippen molar-refractivity contribution in [2.24, 2.45) is 0 Å². The Kier molecular flexibility index (Phi) is 5.62. The molecule has 2 atom stereocenters. The van der Waals surface area contributed by atoms with Gasteiger partial charge in [-0.3, -0.25) is 4.79 Å². The Balaban J connectivity index is 2.12. The monoisotopic (exact) mass is 290 g/mol. The number of amides is 1. The molecule has 2 rings (SSSR count). The van der Waals surface area contributed by atoms with Crippen LogP contribution in [0.2, 0.25) is 0 Å². The van der Waals surface area contributed by atoms with Gasteiger partial charge in [-0.1, -0.05) is 18.2 Å². The molecule has 4 heteroatoms. The Morgan fingerprint density at radius 3 is 2.90 bits per heavy atom. The van der Waals surface area contributed by atoms with Crippen LogP contribution < -0.4 is 15.4 Å². The number of carbonyl (C=O) groups is 1. The predicted octanol–water partition coefficient (Wildman–Crippen LogP) is 2.45. The van der Waals surface area contributed by atoms with Crippen LogP contribution in [0.5, 0.6) is 5.75 Å². The highest BCUT2D eigenvalue weighted by Crippen LogP contribution is 2.34. The fraction of sp³-hybridized carbons (Fsp3) is 0.588. The lowest BCUT2D eigenvalue weighted by molar-refractivity contribution is -0.123. The molecule has 4 nitrogen and oxygen atoms in total. The first-order chi connectivity index (χ1) is 10.1. The van der Waals surface area contributed by atoms with E-state index in [9.17, 15) is 4.79 Å². The van der Waals surface area contributed by atoms with E-state index in [4.69, 9.17) is 4.74 Å². The Bertz CT molecular complexity index is 474. The second kappa shape index (κ2) is 7.46. The second-order valence-corrected chi connectivity index (χ2v) is 5.83. The number of benzene rings is 1. The van der Waals surface area contributed by atoms with Crippen molar-refractivity contribution in [2.45, 2.75) is 51.7 Å². The molecule has 2 N–H and O–H groups in total. The summed E-state index contributed by atoms with van der Waals surface area (Å²) in [5.74, 6) is 1.42. The summed E-state index contributed by atoms with van der Waals surface area (Å²) in [5, 5.41) is 6.21. The highest BCUT2D eigenvalue weighted by molar-refractivity contribution is 5.81. The van der Waals surface area contributed by atoms with Gasteiger partial charge in [-0.2, -0.15) is 0 Å². The summed E-state index contributed by atoms with van der Waals surface area (Å²) in [6, 6.07) is 8.10. The van der Waals surface area contributed by atoms with E-state index in [1.165, 1.54) is 5.56 Å². The van der Waals surface area contributed by atoms with Crippen molar-refractivity contribution in [3.63, 3.8) is 0 Å². The Hall–Kier alpha value is -1.55. The molecular weight excluding hydrogens is 264 g/mol. The van der Waals surface area contributed by atoms with Gasteiger partial charge in [-0.05, 0) is 57.7 Å². The van der Waals surface area contributed by atoms with E-state index < -0.39 is 0 Å². The lowest BCUT2D eigenvalue weighted by Gasteiger charge is -2.31. The third kappa shape index (κ3) is 4.21. The van der Waals surface area contributed by atoms with Crippen LogP contribution in [0.1, 0.15) is 45.1 Å². The van der Waals surface area contributed by atoms with Crippen LogP contribution in [-0.2, 0) is 4.79 Å². The maximum atomic E-state index is 12.0. The van der Waals surface area contributed by atoms with Gasteiger partial charge in [-0.15, -0.1) is 0 Å². The third-order valence-corrected chi connectivity index (χ3v) is 3.79. The number of ether oxygens (including phenoxy) is 1. The lowest BCUT2D eigenvalue weighted by Crippen LogP contribution is -2.48. The molecule has 2 unspecified atom stereocenters. The van der Waals surface area contributed by atoms with Crippen molar-refractivity contribution in [2.75, 3.05) is 13.1 Å². The summed E-state index contributed by atoms with van der Waals surface area (Å²) >= 11 is 0. The van der Waals surface area contributed by atoms with Crippen LogP contribution in [0.4, 0.5) is 0 Å². The molecule has 21 heavy (non-hydrogen) atoms. The number of nitrogens with one attached hydrogen (secondary N) is 2. The number of carbonyl (C=O) groups excluding carboxylic acids is 1. The van der Waals surface area contributed by atoms with Crippen LogP contribution >= 0.6 is 0 Å². The van der Waals surface area contributed by atoms with Gasteiger partial charge in [0.15, 0.2) is 0 Å². The Morgan fingerprint density at radius 1 is 1.43 bits per heavy atom. The largest absolute Gasteiger partial charge is 0.491 e. The van der Waals surface area contributed by atoms with E-state index in [-0.39, 0.29) is 18.1 Å². The quantitative estimate of drug-likeness (QED) is 0.876. The first kappa shape index (κ1) is 15.8. The van der Waals surface area contributed by atoms with Crippen molar-refractivity contribution in [1.82, 2.24) is 10.6 Å². The molecule has 0 spiro atoms. The zero-order chi connectivity index (χ0) is 15.2. The van der Waals surface area contributed by atoms with Gasteiger partial charge >= 0.3 is 0 Å². The standard InChI is InChI=1S/C17H26N2O2/c1-4-18-17(20)15-11-13(9-10-19-15)14-7-5-6-8-16(14)21-12(2)3/h5-8,12-13,15,19H,4,9-11H2,1-3H3,(H,18,20). The summed E-state index contributed by atoms with van der Waals surface area (Å²) in [6.07, 6.45) is 2.02. The van der Waals surface area contributed by atoms with Gasteiger partial charge in [0.1, 0.15) is 5.75 Å². The summed E-state index contributed by atoms with van der Waals surface area (Å²) in [6.45, 7) is 7.56. The van der Waals surface area contributed by atoms with Crippen molar-refractivity contribution in [3.05, 3.63) is 29.8 Å². The number of hydrogen-bond donors (Lipinski definition) is 2. The van der Waals surface area contributed by atoms with Gasteiger partial charge in [0.05, 0.1) is 12.1 Å². The molecular formula is C17H26N2O2. The van der Waals surface area contributed by atoms with Crippen molar-refractivity contribution in [3.8, 4) is 5.75 Å². The van der Waals surface area contributed by atoms with Crippen molar-refractivity contribution < 1.29 is 9.53 Å².